The molecule has 2 aromatic rings. The molecule has 0 aliphatic carbocycles. The van der Waals surface area contributed by atoms with Crippen molar-refractivity contribution in [2.75, 3.05) is 0 Å². The molecule has 0 aliphatic rings. The summed E-state index contributed by atoms with van der Waals surface area (Å²) < 4.78 is 3.33. The van der Waals surface area contributed by atoms with Gasteiger partial charge in [-0.05, 0) is 47.2 Å². The highest BCUT2D eigenvalue weighted by atomic mass is 127. The minimum atomic E-state index is 0.499. The normalized spacial score (nSPS) is 11.2. The van der Waals surface area contributed by atoms with Gasteiger partial charge >= 0.3 is 0 Å². The van der Waals surface area contributed by atoms with Crippen molar-refractivity contribution in [1.82, 2.24) is 15.1 Å². The standard InChI is InChI=1S/C15H20IN3/c1-11(2)17-8-14-9-18-19(12(14)3)10-13-4-6-15(16)7-5-13/h4-7,9,11,17H,8,10H2,1-3H3. The van der Waals surface area contributed by atoms with Gasteiger partial charge in [-0.2, -0.15) is 5.10 Å². The van der Waals surface area contributed by atoms with Gasteiger partial charge in [0, 0.05) is 27.4 Å². The molecule has 1 heterocycles. The molecule has 3 nitrogen and oxygen atoms in total. The predicted molar refractivity (Wildman–Crippen MR) is 87.2 cm³/mol. The van der Waals surface area contributed by atoms with E-state index in [1.54, 1.807) is 0 Å². The Morgan fingerprint density at radius 3 is 2.58 bits per heavy atom. The van der Waals surface area contributed by atoms with E-state index in [1.165, 1.54) is 20.4 Å². The number of aromatic nitrogens is 2. The van der Waals surface area contributed by atoms with Crippen molar-refractivity contribution in [2.24, 2.45) is 0 Å². The fourth-order valence-electron chi connectivity index (χ4n) is 1.89. The monoisotopic (exact) mass is 369 g/mol. The molecule has 0 saturated heterocycles. The van der Waals surface area contributed by atoms with E-state index in [-0.39, 0.29) is 0 Å². The minimum absolute atomic E-state index is 0.499. The van der Waals surface area contributed by atoms with Crippen molar-refractivity contribution in [3.8, 4) is 0 Å². The molecule has 0 radical (unpaired) electrons. The summed E-state index contributed by atoms with van der Waals surface area (Å²) in [5.41, 5.74) is 3.81. The van der Waals surface area contributed by atoms with Crippen LogP contribution in [-0.4, -0.2) is 15.8 Å². The second kappa shape index (κ2) is 6.52. The number of rotatable bonds is 5. The molecule has 0 saturated carbocycles. The van der Waals surface area contributed by atoms with Crippen LogP contribution in [-0.2, 0) is 13.1 Å². The molecular weight excluding hydrogens is 349 g/mol. The summed E-state index contributed by atoms with van der Waals surface area (Å²) in [6.07, 6.45) is 1.97. The van der Waals surface area contributed by atoms with Crippen LogP contribution in [0.25, 0.3) is 0 Å². The lowest BCUT2D eigenvalue weighted by atomic mass is 10.2. The maximum atomic E-state index is 4.49. The first kappa shape index (κ1) is 14.5. The summed E-state index contributed by atoms with van der Waals surface area (Å²) in [4.78, 5) is 0. The van der Waals surface area contributed by atoms with Crippen molar-refractivity contribution in [3.05, 3.63) is 50.9 Å². The van der Waals surface area contributed by atoms with E-state index >= 15 is 0 Å². The Morgan fingerprint density at radius 2 is 1.95 bits per heavy atom. The van der Waals surface area contributed by atoms with Crippen LogP contribution >= 0.6 is 22.6 Å². The van der Waals surface area contributed by atoms with Gasteiger partial charge in [-0.1, -0.05) is 26.0 Å². The highest BCUT2D eigenvalue weighted by Gasteiger charge is 2.07. The third-order valence-electron chi connectivity index (χ3n) is 3.15. The van der Waals surface area contributed by atoms with Crippen LogP contribution in [0.4, 0.5) is 0 Å². The maximum Gasteiger partial charge on any atom is 0.0662 e. The second-order valence-electron chi connectivity index (χ2n) is 5.07. The molecule has 2 rings (SSSR count). The highest BCUT2D eigenvalue weighted by Crippen LogP contribution is 2.12. The molecule has 0 amide bonds. The van der Waals surface area contributed by atoms with Crippen LogP contribution in [0.1, 0.15) is 30.7 Å². The maximum absolute atomic E-state index is 4.49. The van der Waals surface area contributed by atoms with Gasteiger partial charge in [0.2, 0.25) is 0 Å². The van der Waals surface area contributed by atoms with E-state index in [0.29, 0.717) is 6.04 Å². The Morgan fingerprint density at radius 1 is 1.26 bits per heavy atom. The molecule has 4 heteroatoms. The van der Waals surface area contributed by atoms with Crippen LogP contribution in [0.3, 0.4) is 0 Å². The van der Waals surface area contributed by atoms with Crippen molar-refractivity contribution in [1.29, 1.82) is 0 Å². The van der Waals surface area contributed by atoms with Crippen LogP contribution in [0.5, 0.6) is 0 Å². The first-order valence-electron chi connectivity index (χ1n) is 6.55. The van der Waals surface area contributed by atoms with Crippen molar-refractivity contribution in [2.45, 2.75) is 39.9 Å². The van der Waals surface area contributed by atoms with Crippen molar-refractivity contribution < 1.29 is 0 Å². The molecule has 0 aliphatic heterocycles. The van der Waals surface area contributed by atoms with Crippen molar-refractivity contribution >= 4 is 22.6 Å². The van der Waals surface area contributed by atoms with E-state index in [2.05, 4.69) is 82.7 Å². The quantitative estimate of drug-likeness (QED) is 0.820. The van der Waals surface area contributed by atoms with Gasteiger partial charge < -0.3 is 5.32 Å². The lowest BCUT2D eigenvalue weighted by Crippen LogP contribution is -2.22. The van der Waals surface area contributed by atoms with Gasteiger partial charge in [0.1, 0.15) is 0 Å². The molecule has 102 valence electrons. The highest BCUT2D eigenvalue weighted by molar-refractivity contribution is 14.1. The molecule has 1 N–H and O–H groups in total. The average Bonchev–Trinajstić information content (AvgIpc) is 2.71. The fraction of sp³-hybridized carbons (Fsp3) is 0.400. The fourth-order valence-corrected chi connectivity index (χ4v) is 2.25. The van der Waals surface area contributed by atoms with E-state index in [1.807, 2.05) is 6.20 Å². The molecule has 1 aromatic heterocycles. The molecular formula is C15H20IN3. The Bertz CT molecular complexity index is 529. The Kier molecular flexibility index (Phi) is 4.99. The van der Waals surface area contributed by atoms with Gasteiger partial charge in [0.25, 0.3) is 0 Å². The molecule has 1 aromatic carbocycles. The first-order valence-corrected chi connectivity index (χ1v) is 7.63. The van der Waals surface area contributed by atoms with E-state index in [9.17, 15) is 0 Å². The lowest BCUT2D eigenvalue weighted by molar-refractivity contribution is 0.585. The van der Waals surface area contributed by atoms with Gasteiger partial charge in [-0.3, -0.25) is 4.68 Å². The van der Waals surface area contributed by atoms with Gasteiger partial charge in [0.15, 0.2) is 0 Å². The number of nitrogens with one attached hydrogen (secondary N) is 1. The van der Waals surface area contributed by atoms with E-state index < -0.39 is 0 Å². The number of halogens is 1. The topological polar surface area (TPSA) is 29.9 Å². The van der Waals surface area contributed by atoms with Gasteiger partial charge in [-0.15, -0.1) is 0 Å². The van der Waals surface area contributed by atoms with Crippen LogP contribution < -0.4 is 5.32 Å². The average molecular weight is 369 g/mol. The van der Waals surface area contributed by atoms with Crippen molar-refractivity contribution in [3.63, 3.8) is 0 Å². The number of hydrogen-bond donors (Lipinski definition) is 1. The largest absolute Gasteiger partial charge is 0.310 e. The Balaban J connectivity index is 2.07. The molecule has 19 heavy (non-hydrogen) atoms. The summed E-state index contributed by atoms with van der Waals surface area (Å²) in [5.74, 6) is 0. The zero-order chi connectivity index (χ0) is 13.8. The van der Waals surface area contributed by atoms with E-state index in [0.717, 1.165) is 13.1 Å². The molecule has 0 bridgehead atoms. The third-order valence-corrected chi connectivity index (χ3v) is 3.87. The molecule has 0 atom stereocenters. The number of hydrogen-bond acceptors (Lipinski definition) is 2. The van der Waals surface area contributed by atoms with E-state index in [4.69, 9.17) is 0 Å². The molecule has 0 unspecified atom stereocenters. The van der Waals surface area contributed by atoms with Gasteiger partial charge in [0.05, 0.1) is 12.7 Å². The van der Waals surface area contributed by atoms with Crippen LogP contribution in [0.2, 0.25) is 0 Å². The Labute approximate surface area is 128 Å². The summed E-state index contributed by atoms with van der Waals surface area (Å²) >= 11 is 2.32. The summed E-state index contributed by atoms with van der Waals surface area (Å²) in [7, 11) is 0. The van der Waals surface area contributed by atoms with Crippen LogP contribution in [0.15, 0.2) is 30.5 Å². The molecule has 0 spiro atoms. The Hall–Kier alpha value is -0.880. The summed E-state index contributed by atoms with van der Waals surface area (Å²) in [6, 6.07) is 9.09. The first-order chi connectivity index (χ1) is 9.06. The summed E-state index contributed by atoms with van der Waals surface area (Å²) in [5, 5.41) is 7.92. The zero-order valence-electron chi connectivity index (χ0n) is 11.7. The second-order valence-corrected chi connectivity index (χ2v) is 6.32. The van der Waals surface area contributed by atoms with Gasteiger partial charge in [-0.25, -0.2) is 0 Å². The molecule has 0 fully saturated rings. The zero-order valence-corrected chi connectivity index (χ0v) is 13.8. The lowest BCUT2D eigenvalue weighted by Gasteiger charge is -2.08. The predicted octanol–water partition coefficient (Wildman–Crippen LogP) is 3.34. The minimum Gasteiger partial charge on any atom is -0.310 e. The third kappa shape index (κ3) is 4.04. The SMILES string of the molecule is Cc1c(CNC(C)C)cnn1Cc1ccc(I)cc1. The summed E-state index contributed by atoms with van der Waals surface area (Å²) in [6.45, 7) is 8.17. The smallest absolute Gasteiger partial charge is 0.0662 e. The number of nitrogens with zero attached hydrogens (tertiary/aromatic N) is 2. The number of benzene rings is 1. The van der Waals surface area contributed by atoms with Crippen LogP contribution in [0, 0.1) is 10.5 Å².